The Balaban J connectivity index is 2.00. The Labute approximate surface area is 129 Å². The van der Waals surface area contributed by atoms with Crippen LogP contribution in [0, 0.1) is 0 Å². The summed E-state index contributed by atoms with van der Waals surface area (Å²) in [4.78, 5) is 9.50. The highest BCUT2D eigenvalue weighted by Crippen LogP contribution is 2.23. The average Bonchev–Trinajstić information content (AvgIpc) is 2.53. The summed E-state index contributed by atoms with van der Waals surface area (Å²) in [6.07, 6.45) is 5.59. The van der Waals surface area contributed by atoms with Crippen molar-refractivity contribution in [1.29, 1.82) is 0 Å². The maximum atomic E-state index is 4.68. The number of nitrogens with one attached hydrogen (secondary N) is 1. The second-order valence-electron chi connectivity index (χ2n) is 6.11. The van der Waals surface area contributed by atoms with Crippen molar-refractivity contribution in [1.82, 2.24) is 15.2 Å². The van der Waals surface area contributed by atoms with Gasteiger partial charge in [0.25, 0.3) is 0 Å². The third-order valence-corrected chi connectivity index (χ3v) is 4.63. The van der Waals surface area contributed by atoms with E-state index < -0.39 is 0 Å². The SMILES string of the molecule is CCNC(CC)c1ccc(N(C)C2CCN(C)CC2)cn1. The van der Waals surface area contributed by atoms with E-state index in [2.05, 4.69) is 60.2 Å². The molecule has 1 aromatic heterocycles. The molecule has 0 aliphatic carbocycles. The number of piperidine rings is 1. The van der Waals surface area contributed by atoms with Crippen molar-refractivity contribution < 1.29 is 0 Å². The Kier molecular flexibility index (Phi) is 6.00. The van der Waals surface area contributed by atoms with Crippen molar-refractivity contribution in [3.63, 3.8) is 0 Å². The Morgan fingerprint density at radius 3 is 2.57 bits per heavy atom. The largest absolute Gasteiger partial charge is 0.370 e. The van der Waals surface area contributed by atoms with E-state index in [9.17, 15) is 0 Å². The van der Waals surface area contributed by atoms with Crippen molar-refractivity contribution in [2.45, 2.75) is 45.2 Å². The molecule has 0 radical (unpaired) electrons. The number of pyridine rings is 1. The van der Waals surface area contributed by atoms with Gasteiger partial charge >= 0.3 is 0 Å². The molecule has 1 aromatic rings. The fourth-order valence-electron chi connectivity index (χ4n) is 3.11. The molecule has 0 spiro atoms. The van der Waals surface area contributed by atoms with Crippen molar-refractivity contribution in [3.05, 3.63) is 24.0 Å². The van der Waals surface area contributed by atoms with Gasteiger partial charge in [-0.15, -0.1) is 0 Å². The summed E-state index contributed by atoms with van der Waals surface area (Å²) in [6.45, 7) is 7.72. The molecule has 0 saturated carbocycles. The average molecular weight is 290 g/mol. The molecular formula is C17H30N4. The minimum atomic E-state index is 0.373. The minimum absolute atomic E-state index is 0.373. The van der Waals surface area contributed by atoms with Gasteiger partial charge in [0.2, 0.25) is 0 Å². The lowest BCUT2D eigenvalue weighted by atomic mass is 10.0. The van der Waals surface area contributed by atoms with Gasteiger partial charge in [-0.05, 0) is 58.1 Å². The van der Waals surface area contributed by atoms with Crippen LogP contribution in [0.15, 0.2) is 18.3 Å². The zero-order valence-electron chi connectivity index (χ0n) is 14.0. The van der Waals surface area contributed by atoms with Gasteiger partial charge in [0.05, 0.1) is 17.6 Å². The van der Waals surface area contributed by atoms with Crippen molar-refractivity contribution >= 4 is 5.69 Å². The second kappa shape index (κ2) is 7.76. The van der Waals surface area contributed by atoms with E-state index in [1.807, 2.05) is 6.20 Å². The molecular weight excluding hydrogens is 260 g/mol. The van der Waals surface area contributed by atoms with Gasteiger partial charge in [0, 0.05) is 19.1 Å². The van der Waals surface area contributed by atoms with Crippen LogP contribution in [-0.4, -0.2) is 49.7 Å². The zero-order valence-corrected chi connectivity index (χ0v) is 14.0. The van der Waals surface area contributed by atoms with E-state index in [1.165, 1.54) is 31.6 Å². The summed E-state index contributed by atoms with van der Waals surface area (Å²) in [5.74, 6) is 0. The first-order valence-corrected chi connectivity index (χ1v) is 8.26. The van der Waals surface area contributed by atoms with E-state index >= 15 is 0 Å². The number of likely N-dealkylation sites (tertiary alicyclic amines) is 1. The van der Waals surface area contributed by atoms with Crippen LogP contribution in [0.2, 0.25) is 0 Å². The molecule has 1 saturated heterocycles. The fraction of sp³-hybridized carbons (Fsp3) is 0.706. The predicted molar refractivity (Wildman–Crippen MR) is 89.9 cm³/mol. The summed E-state index contributed by atoms with van der Waals surface area (Å²) < 4.78 is 0. The maximum Gasteiger partial charge on any atom is 0.0574 e. The summed E-state index contributed by atoms with van der Waals surface area (Å²) in [6, 6.07) is 5.42. The zero-order chi connectivity index (χ0) is 15.2. The Morgan fingerprint density at radius 2 is 2.05 bits per heavy atom. The second-order valence-corrected chi connectivity index (χ2v) is 6.11. The molecule has 0 bridgehead atoms. The lowest BCUT2D eigenvalue weighted by molar-refractivity contribution is 0.253. The van der Waals surface area contributed by atoms with E-state index in [-0.39, 0.29) is 0 Å². The summed E-state index contributed by atoms with van der Waals surface area (Å²) in [7, 11) is 4.41. The van der Waals surface area contributed by atoms with Crippen LogP contribution in [0.25, 0.3) is 0 Å². The van der Waals surface area contributed by atoms with Crippen LogP contribution >= 0.6 is 0 Å². The Morgan fingerprint density at radius 1 is 1.33 bits per heavy atom. The number of hydrogen-bond acceptors (Lipinski definition) is 4. The van der Waals surface area contributed by atoms with Crippen LogP contribution in [0.4, 0.5) is 5.69 Å². The first-order chi connectivity index (χ1) is 10.2. The summed E-state index contributed by atoms with van der Waals surface area (Å²) >= 11 is 0. The van der Waals surface area contributed by atoms with Gasteiger partial charge < -0.3 is 15.1 Å². The third-order valence-electron chi connectivity index (χ3n) is 4.63. The molecule has 0 aromatic carbocycles. The molecule has 2 heterocycles. The Bertz CT molecular complexity index is 409. The van der Waals surface area contributed by atoms with Crippen LogP contribution < -0.4 is 10.2 Å². The number of nitrogens with zero attached hydrogens (tertiary/aromatic N) is 3. The smallest absolute Gasteiger partial charge is 0.0574 e. The molecule has 2 rings (SSSR count). The highest BCUT2D eigenvalue weighted by Gasteiger charge is 2.21. The molecule has 4 nitrogen and oxygen atoms in total. The lowest BCUT2D eigenvalue weighted by Crippen LogP contribution is -2.42. The van der Waals surface area contributed by atoms with Crippen LogP contribution in [0.5, 0.6) is 0 Å². The lowest BCUT2D eigenvalue weighted by Gasteiger charge is -2.36. The van der Waals surface area contributed by atoms with Gasteiger partial charge in [0.15, 0.2) is 0 Å². The van der Waals surface area contributed by atoms with Crippen LogP contribution in [-0.2, 0) is 0 Å². The molecule has 4 heteroatoms. The van der Waals surface area contributed by atoms with Gasteiger partial charge in [-0.3, -0.25) is 4.98 Å². The van der Waals surface area contributed by atoms with Gasteiger partial charge in [-0.25, -0.2) is 0 Å². The molecule has 1 aliphatic heterocycles. The molecule has 1 fully saturated rings. The molecule has 1 N–H and O–H groups in total. The van der Waals surface area contributed by atoms with Crippen LogP contribution in [0.1, 0.15) is 44.8 Å². The van der Waals surface area contributed by atoms with E-state index in [0.717, 1.165) is 18.7 Å². The quantitative estimate of drug-likeness (QED) is 0.873. The Hall–Kier alpha value is -1.13. The standard InChI is InChI=1S/C17H30N4/c1-5-16(18-6-2)17-8-7-15(13-19-17)21(4)14-9-11-20(3)12-10-14/h7-8,13-14,16,18H,5-6,9-12H2,1-4H3. The van der Waals surface area contributed by atoms with Gasteiger partial charge in [-0.2, -0.15) is 0 Å². The number of rotatable bonds is 6. The molecule has 21 heavy (non-hydrogen) atoms. The minimum Gasteiger partial charge on any atom is -0.370 e. The van der Waals surface area contributed by atoms with Crippen molar-refractivity contribution in [3.8, 4) is 0 Å². The normalized spacial score (nSPS) is 18.7. The van der Waals surface area contributed by atoms with E-state index in [4.69, 9.17) is 0 Å². The summed E-state index contributed by atoms with van der Waals surface area (Å²) in [5.41, 5.74) is 2.39. The van der Waals surface area contributed by atoms with E-state index in [0.29, 0.717) is 12.1 Å². The van der Waals surface area contributed by atoms with Crippen LogP contribution in [0.3, 0.4) is 0 Å². The molecule has 1 aliphatic rings. The maximum absolute atomic E-state index is 4.68. The fourth-order valence-corrected chi connectivity index (χ4v) is 3.11. The van der Waals surface area contributed by atoms with E-state index in [1.54, 1.807) is 0 Å². The predicted octanol–water partition coefficient (Wildman–Crippen LogP) is 2.67. The van der Waals surface area contributed by atoms with Crippen molar-refractivity contribution in [2.24, 2.45) is 0 Å². The number of anilines is 1. The highest BCUT2D eigenvalue weighted by molar-refractivity contribution is 5.45. The molecule has 0 amide bonds. The van der Waals surface area contributed by atoms with Gasteiger partial charge in [-0.1, -0.05) is 13.8 Å². The highest BCUT2D eigenvalue weighted by atomic mass is 15.2. The first-order valence-electron chi connectivity index (χ1n) is 8.26. The van der Waals surface area contributed by atoms with Gasteiger partial charge in [0.1, 0.15) is 0 Å². The number of aromatic nitrogens is 1. The summed E-state index contributed by atoms with van der Waals surface area (Å²) in [5, 5.41) is 3.48. The van der Waals surface area contributed by atoms with Crippen molar-refractivity contribution in [2.75, 3.05) is 38.6 Å². The molecule has 1 atom stereocenters. The first kappa shape index (κ1) is 16.2. The molecule has 118 valence electrons. The number of hydrogen-bond donors (Lipinski definition) is 1. The monoisotopic (exact) mass is 290 g/mol. The third kappa shape index (κ3) is 4.17. The topological polar surface area (TPSA) is 31.4 Å². The molecule has 1 unspecified atom stereocenters.